The van der Waals surface area contributed by atoms with Crippen LogP contribution in [0.2, 0.25) is 5.02 Å². The van der Waals surface area contributed by atoms with Crippen LogP contribution in [0.3, 0.4) is 0 Å². The van der Waals surface area contributed by atoms with Crippen LogP contribution in [-0.2, 0) is 31.1 Å². The molecule has 13 nitrogen and oxygen atoms in total. The number of pyridine rings is 1. The maximum absolute atomic E-state index is 13.2. The molecule has 0 aliphatic rings. The Morgan fingerprint density at radius 1 is 1.11 bits per heavy atom. The van der Waals surface area contributed by atoms with E-state index in [0.717, 1.165) is 6.26 Å². The van der Waals surface area contributed by atoms with Gasteiger partial charge in [0.1, 0.15) is 26.9 Å². The van der Waals surface area contributed by atoms with Crippen molar-refractivity contribution in [3.63, 3.8) is 0 Å². The first-order valence-electron chi connectivity index (χ1n) is 10.1. The van der Waals surface area contributed by atoms with Gasteiger partial charge in [-0.25, -0.2) is 31.8 Å². The van der Waals surface area contributed by atoms with Gasteiger partial charge in [-0.3, -0.25) is 9.29 Å². The van der Waals surface area contributed by atoms with Crippen LogP contribution in [0, 0.1) is 0 Å². The van der Waals surface area contributed by atoms with Gasteiger partial charge >= 0.3 is 0 Å². The highest BCUT2D eigenvalue weighted by Gasteiger charge is 2.34. The first-order chi connectivity index (χ1) is 16.4. The molecule has 0 saturated heterocycles. The molecule has 0 radical (unpaired) electrons. The van der Waals surface area contributed by atoms with Crippen LogP contribution in [0.4, 0.5) is 5.95 Å². The van der Waals surface area contributed by atoms with Gasteiger partial charge in [0.05, 0.1) is 17.9 Å². The number of methoxy groups -OCH3 is 2. The summed E-state index contributed by atoms with van der Waals surface area (Å²) in [6, 6.07) is 4.90. The number of aromatic nitrogens is 6. The van der Waals surface area contributed by atoms with Crippen LogP contribution in [0.15, 0.2) is 30.6 Å². The van der Waals surface area contributed by atoms with E-state index in [-0.39, 0.29) is 34.9 Å². The quantitative estimate of drug-likeness (QED) is 0.369. The van der Waals surface area contributed by atoms with Crippen molar-refractivity contribution in [3.05, 3.63) is 41.4 Å². The number of sulfonamides is 1. The zero-order valence-corrected chi connectivity index (χ0v) is 21.7. The van der Waals surface area contributed by atoms with Crippen LogP contribution in [0.25, 0.3) is 11.5 Å². The minimum atomic E-state index is -4.15. The van der Waals surface area contributed by atoms with Crippen LogP contribution in [-0.4, -0.2) is 78.0 Å². The number of nitrogens with zero attached hydrogens (tertiary/aromatic N) is 6. The number of hydrogen-bond acceptors (Lipinski definition) is 11. The third kappa shape index (κ3) is 6.62. The molecule has 0 aliphatic carbocycles. The molecule has 3 rings (SSSR count). The number of anilines is 1. The fraction of sp³-hybridized carbons (Fsp3) is 0.421. The Balaban J connectivity index is 1.98. The van der Waals surface area contributed by atoms with Crippen LogP contribution < -0.4 is 9.46 Å². The van der Waals surface area contributed by atoms with Gasteiger partial charge in [-0.2, -0.15) is 0 Å². The summed E-state index contributed by atoms with van der Waals surface area (Å²) in [5.74, 6) is 0.0941. The van der Waals surface area contributed by atoms with Crippen molar-refractivity contribution in [2.45, 2.75) is 24.8 Å². The molecule has 1 N–H and O–H groups in total. The number of rotatable bonds is 11. The van der Waals surface area contributed by atoms with E-state index in [1.54, 1.807) is 18.2 Å². The summed E-state index contributed by atoms with van der Waals surface area (Å²) in [7, 11) is -4.77. The largest absolute Gasteiger partial charge is 0.481 e. The zero-order chi connectivity index (χ0) is 25.8. The molecule has 190 valence electrons. The maximum Gasteiger partial charge on any atom is 0.240 e. The van der Waals surface area contributed by atoms with Gasteiger partial charge < -0.3 is 9.47 Å². The summed E-state index contributed by atoms with van der Waals surface area (Å²) in [4.78, 5) is 12.4. The van der Waals surface area contributed by atoms with Gasteiger partial charge in [0, 0.05) is 38.4 Å². The Morgan fingerprint density at radius 2 is 1.80 bits per heavy atom. The van der Waals surface area contributed by atoms with Crippen molar-refractivity contribution in [1.82, 2.24) is 29.7 Å². The first kappa shape index (κ1) is 26.7. The average Bonchev–Trinajstić information content (AvgIpc) is 3.20. The van der Waals surface area contributed by atoms with Gasteiger partial charge in [0.15, 0.2) is 11.6 Å². The lowest BCUT2D eigenvalue weighted by molar-refractivity contribution is 0.0950. The minimum Gasteiger partial charge on any atom is -0.481 e. The standard InChI is InChI=1S/C19H24ClN7O6S2/c1-12(16(33-3)17-21-10-13(20)11-22-17)35(30,31)26-19-25-24-18(27(19)8-9-34(4,28)29)14-6-5-7-15(23-14)32-2/h5-7,10-12,16H,8-9H2,1-4H3,(H,25,26). The molecule has 0 fully saturated rings. The van der Waals surface area contributed by atoms with Crippen LogP contribution >= 0.6 is 11.6 Å². The molecule has 0 amide bonds. The highest BCUT2D eigenvalue weighted by molar-refractivity contribution is 7.93. The predicted octanol–water partition coefficient (Wildman–Crippen LogP) is 1.35. The summed E-state index contributed by atoms with van der Waals surface area (Å²) in [6.07, 6.45) is 2.70. The fourth-order valence-corrected chi connectivity index (χ4v) is 4.81. The van der Waals surface area contributed by atoms with Crippen molar-refractivity contribution < 1.29 is 26.3 Å². The van der Waals surface area contributed by atoms with E-state index in [1.165, 1.54) is 38.1 Å². The molecule has 16 heteroatoms. The smallest absolute Gasteiger partial charge is 0.240 e. The average molecular weight is 546 g/mol. The number of halogens is 1. The highest BCUT2D eigenvalue weighted by atomic mass is 35.5. The second kappa shape index (κ2) is 10.8. The van der Waals surface area contributed by atoms with Gasteiger partial charge in [0.2, 0.25) is 21.9 Å². The van der Waals surface area contributed by atoms with E-state index in [4.69, 9.17) is 21.1 Å². The first-order valence-corrected chi connectivity index (χ1v) is 14.1. The molecule has 35 heavy (non-hydrogen) atoms. The lowest BCUT2D eigenvalue weighted by atomic mass is 10.2. The molecule has 0 bridgehead atoms. The maximum atomic E-state index is 13.2. The van der Waals surface area contributed by atoms with E-state index in [9.17, 15) is 16.8 Å². The summed E-state index contributed by atoms with van der Waals surface area (Å²) in [5, 5.41) is 7.10. The third-order valence-electron chi connectivity index (χ3n) is 4.90. The molecule has 3 aromatic rings. The topological polar surface area (TPSA) is 168 Å². The second-order valence-electron chi connectivity index (χ2n) is 7.46. The zero-order valence-electron chi connectivity index (χ0n) is 19.3. The summed E-state index contributed by atoms with van der Waals surface area (Å²) < 4.78 is 64.3. The lowest BCUT2D eigenvalue weighted by Crippen LogP contribution is -2.33. The molecule has 0 aliphatic heterocycles. The summed E-state index contributed by atoms with van der Waals surface area (Å²) in [6.45, 7) is 1.29. The van der Waals surface area contributed by atoms with Gasteiger partial charge in [-0.05, 0) is 13.0 Å². The number of hydrogen-bond donors (Lipinski definition) is 1. The lowest BCUT2D eigenvalue weighted by Gasteiger charge is -2.22. The Hall–Kier alpha value is -2.88. The number of sulfone groups is 1. The molecule has 0 spiro atoms. The number of ether oxygens (including phenoxy) is 2. The van der Waals surface area contributed by atoms with Crippen LogP contribution in [0.1, 0.15) is 18.9 Å². The normalized spacial score (nSPS) is 13.9. The molecule has 2 atom stereocenters. The van der Waals surface area contributed by atoms with Crippen molar-refractivity contribution in [2.75, 3.05) is 31.0 Å². The molecule has 3 aromatic heterocycles. The van der Waals surface area contributed by atoms with Gasteiger partial charge in [0.25, 0.3) is 0 Å². The molecule has 0 saturated carbocycles. The predicted molar refractivity (Wildman–Crippen MR) is 128 cm³/mol. The van der Waals surface area contributed by atoms with Crippen molar-refractivity contribution in [3.8, 4) is 17.4 Å². The van der Waals surface area contributed by atoms with E-state index >= 15 is 0 Å². The van der Waals surface area contributed by atoms with Crippen LogP contribution in [0.5, 0.6) is 5.88 Å². The Labute approximate surface area is 207 Å². The summed E-state index contributed by atoms with van der Waals surface area (Å²) in [5.41, 5.74) is 0.313. The van der Waals surface area contributed by atoms with Crippen molar-refractivity contribution in [1.29, 1.82) is 0 Å². The molecular weight excluding hydrogens is 522 g/mol. The van der Waals surface area contributed by atoms with E-state index in [0.29, 0.717) is 11.6 Å². The van der Waals surface area contributed by atoms with E-state index in [2.05, 4.69) is 29.9 Å². The monoisotopic (exact) mass is 545 g/mol. The second-order valence-corrected chi connectivity index (χ2v) is 12.2. The van der Waals surface area contributed by atoms with Gasteiger partial charge in [-0.15, -0.1) is 10.2 Å². The SMILES string of the molecule is COc1cccc(-c2nnc(NS(=O)(=O)C(C)C(OC)c3ncc(Cl)cn3)n2CCS(C)(=O)=O)n1. The summed E-state index contributed by atoms with van der Waals surface area (Å²) >= 11 is 5.82. The Bertz CT molecular complexity index is 1380. The van der Waals surface area contributed by atoms with E-state index in [1.807, 2.05) is 0 Å². The third-order valence-corrected chi connectivity index (χ3v) is 7.71. The van der Waals surface area contributed by atoms with Gasteiger partial charge in [-0.1, -0.05) is 17.7 Å². The van der Waals surface area contributed by atoms with E-state index < -0.39 is 31.2 Å². The number of nitrogens with one attached hydrogen (secondary N) is 1. The Morgan fingerprint density at radius 3 is 2.40 bits per heavy atom. The van der Waals surface area contributed by atoms with Crippen molar-refractivity contribution in [2.24, 2.45) is 0 Å². The van der Waals surface area contributed by atoms with Crippen molar-refractivity contribution >= 4 is 37.4 Å². The minimum absolute atomic E-state index is 0.120. The molecule has 0 aromatic carbocycles. The fourth-order valence-electron chi connectivity index (χ4n) is 3.05. The molecular formula is C19H24ClN7O6S2. The highest BCUT2D eigenvalue weighted by Crippen LogP contribution is 2.26. The molecule has 3 heterocycles. The Kier molecular flexibility index (Phi) is 8.25. The molecule has 2 unspecified atom stereocenters.